The van der Waals surface area contributed by atoms with E-state index in [1.807, 2.05) is 12.1 Å². The van der Waals surface area contributed by atoms with Crippen LogP contribution >= 0.6 is 0 Å². The highest BCUT2D eigenvalue weighted by Gasteiger charge is 2.04. The Morgan fingerprint density at radius 2 is 1.43 bits per heavy atom. The molecule has 2 rings (SSSR count). The standard InChI is InChI=1S/C16H19N3O2/c1-3-18(4-2)15-9-5-13(6-10-15)17-14-7-11-16(12-8-14)19(20)21/h5-12,17H,3-4H2,1-2H3. The van der Waals surface area contributed by atoms with E-state index in [4.69, 9.17) is 0 Å². The minimum Gasteiger partial charge on any atom is -0.372 e. The number of hydrogen-bond acceptors (Lipinski definition) is 4. The number of nitro groups is 1. The zero-order chi connectivity index (χ0) is 15.2. The number of nitrogens with one attached hydrogen (secondary N) is 1. The monoisotopic (exact) mass is 285 g/mol. The van der Waals surface area contributed by atoms with Gasteiger partial charge in [-0.15, -0.1) is 0 Å². The summed E-state index contributed by atoms with van der Waals surface area (Å²) >= 11 is 0. The van der Waals surface area contributed by atoms with Gasteiger partial charge in [-0.3, -0.25) is 10.1 Å². The molecule has 0 saturated heterocycles. The van der Waals surface area contributed by atoms with Gasteiger partial charge in [-0.2, -0.15) is 0 Å². The van der Waals surface area contributed by atoms with Crippen LogP contribution < -0.4 is 10.2 Å². The highest BCUT2D eigenvalue weighted by atomic mass is 16.6. The smallest absolute Gasteiger partial charge is 0.269 e. The second-order valence-corrected chi connectivity index (χ2v) is 4.65. The fraction of sp³-hybridized carbons (Fsp3) is 0.250. The lowest BCUT2D eigenvalue weighted by atomic mass is 10.2. The first-order chi connectivity index (χ1) is 10.1. The van der Waals surface area contributed by atoms with Crippen LogP contribution in [0.5, 0.6) is 0 Å². The van der Waals surface area contributed by atoms with Crippen LogP contribution in [0.3, 0.4) is 0 Å². The molecular weight excluding hydrogens is 266 g/mol. The third kappa shape index (κ3) is 3.72. The Hall–Kier alpha value is -2.56. The summed E-state index contributed by atoms with van der Waals surface area (Å²) in [7, 11) is 0. The van der Waals surface area contributed by atoms with Gasteiger partial charge >= 0.3 is 0 Å². The molecule has 0 aliphatic rings. The molecule has 0 bridgehead atoms. The van der Waals surface area contributed by atoms with Crippen LogP contribution in [0.1, 0.15) is 13.8 Å². The van der Waals surface area contributed by atoms with Crippen LogP contribution in [0.15, 0.2) is 48.5 Å². The van der Waals surface area contributed by atoms with E-state index in [1.54, 1.807) is 12.1 Å². The first-order valence-electron chi connectivity index (χ1n) is 7.00. The Bertz CT molecular complexity index is 590. The average Bonchev–Trinajstić information content (AvgIpc) is 2.51. The van der Waals surface area contributed by atoms with E-state index < -0.39 is 4.92 Å². The Morgan fingerprint density at radius 3 is 1.86 bits per heavy atom. The van der Waals surface area contributed by atoms with Gasteiger partial charge in [0.25, 0.3) is 5.69 Å². The molecule has 0 unspecified atom stereocenters. The number of nitro benzene ring substituents is 1. The zero-order valence-corrected chi connectivity index (χ0v) is 12.2. The topological polar surface area (TPSA) is 58.4 Å². The molecule has 0 aromatic heterocycles. The summed E-state index contributed by atoms with van der Waals surface area (Å²) in [5.74, 6) is 0. The van der Waals surface area contributed by atoms with Gasteiger partial charge in [0, 0.05) is 42.3 Å². The van der Waals surface area contributed by atoms with Gasteiger partial charge in [0.05, 0.1) is 4.92 Å². The Kier molecular flexibility index (Phi) is 4.77. The van der Waals surface area contributed by atoms with E-state index >= 15 is 0 Å². The Labute approximate surface area is 124 Å². The second kappa shape index (κ2) is 6.74. The second-order valence-electron chi connectivity index (χ2n) is 4.65. The molecular formula is C16H19N3O2. The summed E-state index contributed by atoms with van der Waals surface area (Å²) in [6.45, 7) is 6.22. The molecule has 0 amide bonds. The van der Waals surface area contributed by atoms with Crippen molar-refractivity contribution in [2.24, 2.45) is 0 Å². The van der Waals surface area contributed by atoms with Gasteiger partial charge in [-0.25, -0.2) is 0 Å². The lowest BCUT2D eigenvalue weighted by molar-refractivity contribution is -0.384. The third-order valence-corrected chi connectivity index (χ3v) is 3.36. The van der Waals surface area contributed by atoms with Crippen molar-refractivity contribution in [3.63, 3.8) is 0 Å². The first kappa shape index (κ1) is 14.8. The van der Waals surface area contributed by atoms with Crippen LogP contribution in [0.4, 0.5) is 22.7 Å². The summed E-state index contributed by atoms with van der Waals surface area (Å²) < 4.78 is 0. The van der Waals surface area contributed by atoms with Gasteiger partial charge in [0.1, 0.15) is 0 Å². The van der Waals surface area contributed by atoms with Gasteiger partial charge in [-0.05, 0) is 50.2 Å². The Balaban J connectivity index is 2.07. The first-order valence-corrected chi connectivity index (χ1v) is 7.00. The minimum absolute atomic E-state index is 0.0948. The van der Waals surface area contributed by atoms with E-state index in [1.165, 1.54) is 17.8 Å². The van der Waals surface area contributed by atoms with Crippen molar-refractivity contribution in [1.82, 2.24) is 0 Å². The van der Waals surface area contributed by atoms with Crippen LogP contribution in [-0.4, -0.2) is 18.0 Å². The van der Waals surface area contributed by atoms with Crippen molar-refractivity contribution in [2.45, 2.75) is 13.8 Å². The molecule has 5 heteroatoms. The van der Waals surface area contributed by atoms with Gasteiger partial charge in [0.2, 0.25) is 0 Å². The summed E-state index contributed by atoms with van der Waals surface area (Å²) in [5.41, 5.74) is 3.07. The SMILES string of the molecule is CCN(CC)c1ccc(Nc2ccc([N+](=O)[O-])cc2)cc1. The maximum atomic E-state index is 10.6. The maximum absolute atomic E-state index is 10.6. The molecule has 0 fully saturated rings. The van der Waals surface area contributed by atoms with E-state index in [2.05, 4.69) is 36.2 Å². The summed E-state index contributed by atoms with van der Waals surface area (Å²) in [6.07, 6.45) is 0. The number of non-ortho nitro benzene ring substituents is 1. The minimum atomic E-state index is -0.400. The molecule has 2 aromatic carbocycles. The fourth-order valence-corrected chi connectivity index (χ4v) is 2.18. The molecule has 1 N–H and O–H groups in total. The number of anilines is 3. The van der Waals surface area contributed by atoms with Crippen molar-refractivity contribution >= 4 is 22.7 Å². The van der Waals surface area contributed by atoms with Gasteiger partial charge in [0.15, 0.2) is 0 Å². The van der Waals surface area contributed by atoms with Crippen molar-refractivity contribution in [1.29, 1.82) is 0 Å². The highest BCUT2D eigenvalue weighted by molar-refractivity contribution is 5.63. The lowest BCUT2D eigenvalue weighted by Crippen LogP contribution is -2.21. The molecule has 0 heterocycles. The average molecular weight is 285 g/mol. The van der Waals surface area contributed by atoms with E-state index in [0.29, 0.717) is 0 Å². The van der Waals surface area contributed by atoms with Crippen LogP contribution in [0.2, 0.25) is 0 Å². The van der Waals surface area contributed by atoms with E-state index in [0.717, 1.165) is 24.5 Å². The molecule has 0 atom stereocenters. The lowest BCUT2D eigenvalue weighted by Gasteiger charge is -2.21. The molecule has 0 radical (unpaired) electrons. The number of hydrogen-bond donors (Lipinski definition) is 1. The molecule has 0 saturated carbocycles. The molecule has 110 valence electrons. The molecule has 2 aromatic rings. The van der Waals surface area contributed by atoms with Crippen molar-refractivity contribution < 1.29 is 4.92 Å². The van der Waals surface area contributed by atoms with Crippen molar-refractivity contribution in [2.75, 3.05) is 23.3 Å². The number of rotatable bonds is 6. The predicted molar refractivity (Wildman–Crippen MR) is 86.4 cm³/mol. The van der Waals surface area contributed by atoms with Gasteiger partial charge in [-0.1, -0.05) is 0 Å². The van der Waals surface area contributed by atoms with Crippen LogP contribution in [-0.2, 0) is 0 Å². The molecule has 0 aliphatic heterocycles. The third-order valence-electron chi connectivity index (χ3n) is 3.36. The quantitative estimate of drug-likeness (QED) is 0.639. The molecule has 5 nitrogen and oxygen atoms in total. The van der Waals surface area contributed by atoms with Crippen LogP contribution in [0, 0.1) is 10.1 Å². The normalized spacial score (nSPS) is 10.2. The van der Waals surface area contributed by atoms with Crippen molar-refractivity contribution in [3.8, 4) is 0 Å². The largest absolute Gasteiger partial charge is 0.372 e. The summed E-state index contributed by atoms with van der Waals surface area (Å²) in [5, 5.41) is 13.8. The van der Waals surface area contributed by atoms with Crippen LogP contribution in [0.25, 0.3) is 0 Å². The molecule has 21 heavy (non-hydrogen) atoms. The molecule has 0 spiro atoms. The van der Waals surface area contributed by atoms with Gasteiger partial charge < -0.3 is 10.2 Å². The summed E-state index contributed by atoms with van der Waals surface area (Å²) in [4.78, 5) is 12.5. The van der Waals surface area contributed by atoms with Crippen molar-refractivity contribution in [3.05, 3.63) is 58.6 Å². The summed E-state index contributed by atoms with van der Waals surface area (Å²) in [6, 6.07) is 14.6. The number of nitrogens with zero attached hydrogens (tertiary/aromatic N) is 2. The predicted octanol–water partition coefficient (Wildman–Crippen LogP) is 4.18. The van der Waals surface area contributed by atoms with E-state index in [-0.39, 0.29) is 5.69 Å². The fourth-order valence-electron chi connectivity index (χ4n) is 2.18. The zero-order valence-electron chi connectivity index (χ0n) is 12.2. The highest BCUT2D eigenvalue weighted by Crippen LogP contribution is 2.22. The maximum Gasteiger partial charge on any atom is 0.269 e. The molecule has 0 aliphatic carbocycles. The van der Waals surface area contributed by atoms with E-state index in [9.17, 15) is 10.1 Å². The Morgan fingerprint density at radius 1 is 0.952 bits per heavy atom. The number of benzene rings is 2.